The highest BCUT2D eigenvalue weighted by Gasteiger charge is 2.28. The smallest absolute Gasteiger partial charge is 0.0221 e. The molecule has 0 radical (unpaired) electrons. The molecule has 2 saturated heterocycles. The van der Waals surface area contributed by atoms with Crippen LogP contribution in [-0.4, -0.2) is 37.1 Å². The Hall–Kier alpha value is -0.0800. The van der Waals surface area contributed by atoms with E-state index in [4.69, 9.17) is 0 Å². The molecule has 3 unspecified atom stereocenters. The number of piperidine rings is 2. The molecule has 14 heavy (non-hydrogen) atoms. The summed E-state index contributed by atoms with van der Waals surface area (Å²) in [6, 6.07) is 0.832. The number of nitrogens with one attached hydrogen (secondary N) is 1. The van der Waals surface area contributed by atoms with Gasteiger partial charge in [-0.3, -0.25) is 4.90 Å². The molecule has 2 fully saturated rings. The molecule has 2 heteroatoms. The minimum atomic E-state index is 0.832. The van der Waals surface area contributed by atoms with Gasteiger partial charge in [0.2, 0.25) is 0 Å². The van der Waals surface area contributed by atoms with E-state index in [0.717, 1.165) is 17.9 Å². The third-order valence-corrected chi connectivity index (χ3v) is 4.15. The van der Waals surface area contributed by atoms with Crippen LogP contribution in [0.5, 0.6) is 0 Å². The Morgan fingerprint density at radius 1 is 1.14 bits per heavy atom. The van der Waals surface area contributed by atoms with Crippen molar-refractivity contribution in [3.63, 3.8) is 0 Å². The van der Waals surface area contributed by atoms with Gasteiger partial charge in [-0.25, -0.2) is 0 Å². The zero-order valence-electron chi connectivity index (χ0n) is 9.63. The standard InChI is InChI=1S/C12H24N2/c1-10-5-7-14(9-11(10)2)12-4-3-6-13-8-12/h10-13H,3-9H2,1-2H3. The molecule has 1 N–H and O–H groups in total. The summed E-state index contributed by atoms with van der Waals surface area (Å²) in [5.74, 6) is 1.83. The Morgan fingerprint density at radius 2 is 2.00 bits per heavy atom. The second-order valence-corrected chi connectivity index (χ2v) is 5.24. The van der Waals surface area contributed by atoms with Crippen LogP contribution in [0.1, 0.15) is 33.1 Å². The zero-order chi connectivity index (χ0) is 9.97. The molecule has 0 aliphatic carbocycles. The fourth-order valence-corrected chi connectivity index (χ4v) is 2.77. The van der Waals surface area contributed by atoms with E-state index in [1.807, 2.05) is 0 Å². The van der Waals surface area contributed by atoms with E-state index >= 15 is 0 Å². The van der Waals surface area contributed by atoms with E-state index in [1.165, 1.54) is 45.4 Å². The predicted molar refractivity (Wildman–Crippen MR) is 60.4 cm³/mol. The van der Waals surface area contributed by atoms with Crippen LogP contribution in [0.2, 0.25) is 0 Å². The van der Waals surface area contributed by atoms with Gasteiger partial charge in [0.25, 0.3) is 0 Å². The normalized spacial score (nSPS) is 41.1. The molecular weight excluding hydrogens is 172 g/mol. The highest BCUT2D eigenvalue weighted by molar-refractivity contribution is 4.83. The Balaban J connectivity index is 1.85. The van der Waals surface area contributed by atoms with Gasteiger partial charge in [-0.05, 0) is 44.2 Å². The number of hydrogen-bond donors (Lipinski definition) is 1. The molecule has 0 aromatic heterocycles. The van der Waals surface area contributed by atoms with E-state index in [-0.39, 0.29) is 0 Å². The minimum Gasteiger partial charge on any atom is -0.315 e. The molecule has 0 aromatic rings. The number of nitrogens with zero attached hydrogens (tertiary/aromatic N) is 1. The summed E-state index contributed by atoms with van der Waals surface area (Å²) in [5, 5.41) is 3.52. The van der Waals surface area contributed by atoms with Crippen LogP contribution in [0.3, 0.4) is 0 Å². The average Bonchev–Trinajstić information content (AvgIpc) is 2.23. The Bertz CT molecular complexity index is 175. The van der Waals surface area contributed by atoms with Crippen LogP contribution in [-0.2, 0) is 0 Å². The maximum Gasteiger partial charge on any atom is 0.0221 e. The zero-order valence-corrected chi connectivity index (χ0v) is 9.63. The number of likely N-dealkylation sites (tertiary alicyclic amines) is 1. The average molecular weight is 196 g/mol. The summed E-state index contributed by atoms with van der Waals surface area (Å²) in [4.78, 5) is 2.72. The first-order chi connectivity index (χ1) is 6.77. The first-order valence-corrected chi connectivity index (χ1v) is 6.22. The quantitative estimate of drug-likeness (QED) is 0.687. The summed E-state index contributed by atoms with van der Waals surface area (Å²) < 4.78 is 0. The van der Waals surface area contributed by atoms with E-state index in [2.05, 4.69) is 24.1 Å². The Morgan fingerprint density at radius 3 is 2.64 bits per heavy atom. The Kier molecular flexibility index (Phi) is 3.45. The molecule has 3 atom stereocenters. The molecule has 0 saturated carbocycles. The second-order valence-electron chi connectivity index (χ2n) is 5.24. The molecule has 2 heterocycles. The SMILES string of the molecule is CC1CCN(C2CCCNC2)CC1C. The molecule has 82 valence electrons. The Labute approximate surface area is 88.1 Å². The lowest BCUT2D eigenvalue weighted by molar-refractivity contribution is 0.0826. The topological polar surface area (TPSA) is 15.3 Å². The molecular formula is C12H24N2. The number of rotatable bonds is 1. The first kappa shape index (κ1) is 10.4. The third-order valence-electron chi connectivity index (χ3n) is 4.15. The molecule has 2 aliphatic rings. The van der Waals surface area contributed by atoms with Crippen LogP contribution in [0.25, 0.3) is 0 Å². The van der Waals surface area contributed by atoms with Crippen molar-refractivity contribution in [3.05, 3.63) is 0 Å². The van der Waals surface area contributed by atoms with Crippen LogP contribution >= 0.6 is 0 Å². The fraction of sp³-hybridized carbons (Fsp3) is 1.00. The van der Waals surface area contributed by atoms with Crippen molar-refractivity contribution in [1.82, 2.24) is 10.2 Å². The van der Waals surface area contributed by atoms with Gasteiger partial charge in [-0.2, -0.15) is 0 Å². The third kappa shape index (κ3) is 2.29. The largest absolute Gasteiger partial charge is 0.315 e. The van der Waals surface area contributed by atoms with E-state index in [0.29, 0.717) is 0 Å². The van der Waals surface area contributed by atoms with Crippen LogP contribution in [0, 0.1) is 11.8 Å². The predicted octanol–water partition coefficient (Wildman–Crippen LogP) is 1.72. The van der Waals surface area contributed by atoms with Gasteiger partial charge in [0, 0.05) is 19.1 Å². The molecule has 2 rings (SSSR count). The molecule has 0 aromatic carbocycles. The first-order valence-electron chi connectivity index (χ1n) is 6.22. The van der Waals surface area contributed by atoms with Gasteiger partial charge in [0.15, 0.2) is 0 Å². The minimum absolute atomic E-state index is 0.832. The fourth-order valence-electron chi connectivity index (χ4n) is 2.77. The lowest BCUT2D eigenvalue weighted by atomic mass is 9.87. The monoisotopic (exact) mass is 196 g/mol. The van der Waals surface area contributed by atoms with E-state index < -0.39 is 0 Å². The summed E-state index contributed by atoms with van der Waals surface area (Å²) >= 11 is 0. The van der Waals surface area contributed by atoms with Crippen LogP contribution in [0.4, 0.5) is 0 Å². The maximum absolute atomic E-state index is 3.52. The summed E-state index contributed by atoms with van der Waals surface area (Å²) in [6.45, 7) is 9.93. The molecule has 2 aliphatic heterocycles. The van der Waals surface area contributed by atoms with Crippen molar-refractivity contribution >= 4 is 0 Å². The van der Waals surface area contributed by atoms with Gasteiger partial charge in [-0.15, -0.1) is 0 Å². The van der Waals surface area contributed by atoms with Crippen molar-refractivity contribution < 1.29 is 0 Å². The van der Waals surface area contributed by atoms with Crippen molar-refractivity contribution in [2.45, 2.75) is 39.2 Å². The molecule has 0 spiro atoms. The van der Waals surface area contributed by atoms with E-state index in [1.54, 1.807) is 0 Å². The summed E-state index contributed by atoms with van der Waals surface area (Å²) in [6.07, 6.45) is 4.18. The highest BCUT2D eigenvalue weighted by atomic mass is 15.2. The van der Waals surface area contributed by atoms with Crippen LogP contribution in [0.15, 0.2) is 0 Å². The highest BCUT2D eigenvalue weighted by Crippen LogP contribution is 2.25. The number of hydrogen-bond acceptors (Lipinski definition) is 2. The van der Waals surface area contributed by atoms with Crippen molar-refractivity contribution in [1.29, 1.82) is 0 Å². The molecule has 2 nitrogen and oxygen atoms in total. The second kappa shape index (κ2) is 4.63. The summed E-state index contributed by atoms with van der Waals surface area (Å²) in [5.41, 5.74) is 0. The van der Waals surface area contributed by atoms with Crippen LogP contribution < -0.4 is 5.32 Å². The van der Waals surface area contributed by atoms with Crippen molar-refractivity contribution in [3.8, 4) is 0 Å². The van der Waals surface area contributed by atoms with Gasteiger partial charge in [-0.1, -0.05) is 13.8 Å². The van der Waals surface area contributed by atoms with Gasteiger partial charge in [0.05, 0.1) is 0 Å². The lowest BCUT2D eigenvalue weighted by Gasteiger charge is -2.41. The molecule has 0 bridgehead atoms. The maximum atomic E-state index is 3.52. The summed E-state index contributed by atoms with van der Waals surface area (Å²) in [7, 11) is 0. The van der Waals surface area contributed by atoms with Crippen molar-refractivity contribution in [2.24, 2.45) is 11.8 Å². The van der Waals surface area contributed by atoms with E-state index in [9.17, 15) is 0 Å². The molecule has 0 amide bonds. The van der Waals surface area contributed by atoms with Crippen molar-refractivity contribution in [2.75, 3.05) is 26.2 Å². The van der Waals surface area contributed by atoms with Gasteiger partial charge >= 0.3 is 0 Å². The van der Waals surface area contributed by atoms with Gasteiger partial charge < -0.3 is 5.32 Å². The van der Waals surface area contributed by atoms with Gasteiger partial charge in [0.1, 0.15) is 0 Å². The lowest BCUT2D eigenvalue weighted by Crippen LogP contribution is -2.50.